The number of methoxy groups -OCH3 is 1. The summed E-state index contributed by atoms with van der Waals surface area (Å²) in [7, 11) is 1.68. The van der Waals surface area contributed by atoms with Crippen LogP contribution in [0.5, 0.6) is 5.75 Å². The Hall–Kier alpha value is -1.09. The van der Waals surface area contributed by atoms with E-state index in [2.05, 4.69) is 40.8 Å². The van der Waals surface area contributed by atoms with Gasteiger partial charge in [-0.3, -0.25) is 0 Å². The SMILES string of the molecule is COc1ccc2nc(Br)c(C(C)C)cc2c1. The fourth-order valence-corrected chi connectivity index (χ4v) is 2.44. The summed E-state index contributed by atoms with van der Waals surface area (Å²) in [6, 6.07) is 8.08. The van der Waals surface area contributed by atoms with Crippen molar-refractivity contribution in [2.75, 3.05) is 7.11 Å². The molecule has 0 atom stereocenters. The Labute approximate surface area is 104 Å². The van der Waals surface area contributed by atoms with E-state index in [0.29, 0.717) is 5.92 Å². The molecule has 3 heteroatoms. The summed E-state index contributed by atoms with van der Waals surface area (Å²) in [5.41, 5.74) is 2.21. The van der Waals surface area contributed by atoms with Crippen LogP contribution in [-0.2, 0) is 0 Å². The van der Waals surface area contributed by atoms with Crippen LogP contribution in [0.3, 0.4) is 0 Å². The van der Waals surface area contributed by atoms with Gasteiger partial charge in [-0.05, 0) is 51.7 Å². The second-order valence-electron chi connectivity index (χ2n) is 4.08. The van der Waals surface area contributed by atoms with Crippen LogP contribution in [0.25, 0.3) is 10.9 Å². The van der Waals surface area contributed by atoms with Crippen molar-refractivity contribution in [1.82, 2.24) is 4.98 Å². The third-order valence-corrected chi connectivity index (χ3v) is 3.26. The number of fused-ring (bicyclic) bond motifs is 1. The van der Waals surface area contributed by atoms with Gasteiger partial charge < -0.3 is 4.74 Å². The van der Waals surface area contributed by atoms with Crippen LogP contribution in [0.15, 0.2) is 28.9 Å². The second-order valence-corrected chi connectivity index (χ2v) is 4.83. The van der Waals surface area contributed by atoms with Gasteiger partial charge in [0.25, 0.3) is 0 Å². The first-order chi connectivity index (χ1) is 7.61. The fourth-order valence-electron chi connectivity index (χ4n) is 1.68. The van der Waals surface area contributed by atoms with E-state index >= 15 is 0 Å². The van der Waals surface area contributed by atoms with Gasteiger partial charge in [0.05, 0.1) is 12.6 Å². The van der Waals surface area contributed by atoms with Crippen molar-refractivity contribution < 1.29 is 4.74 Å². The maximum Gasteiger partial charge on any atom is 0.119 e. The van der Waals surface area contributed by atoms with Crippen LogP contribution in [0.2, 0.25) is 0 Å². The molecule has 0 unspecified atom stereocenters. The predicted octanol–water partition coefficient (Wildman–Crippen LogP) is 4.13. The highest BCUT2D eigenvalue weighted by Gasteiger charge is 2.08. The zero-order chi connectivity index (χ0) is 11.7. The molecule has 0 radical (unpaired) electrons. The summed E-state index contributed by atoms with van der Waals surface area (Å²) in [6.45, 7) is 4.32. The molecule has 1 aromatic carbocycles. The maximum absolute atomic E-state index is 5.21. The van der Waals surface area contributed by atoms with Gasteiger partial charge in [-0.1, -0.05) is 13.8 Å². The van der Waals surface area contributed by atoms with Crippen molar-refractivity contribution in [2.24, 2.45) is 0 Å². The lowest BCUT2D eigenvalue weighted by Gasteiger charge is -2.10. The molecule has 0 saturated carbocycles. The number of nitrogens with zero attached hydrogens (tertiary/aromatic N) is 1. The maximum atomic E-state index is 5.21. The number of benzene rings is 1. The van der Waals surface area contributed by atoms with E-state index in [1.54, 1.807) is 7.11 Å². The molecule has 0 amide bonds. The summed E-state index contributed by atoms with van der Waals surface area (Å²) < 4.78 is 6.14. The summed E-state index contributed by atoms with van der Waals surface area (Å²) >= 11 is 3.51. The number of ether oxygens (including phenoxy) is 1. The zero-order valence-corrected chi connectivity index (χ0v) is 11.2. The van der Waals surface area contributed by atoms with Crippen molar-refractivity contribution in [3.63, 3.8) is 0 Å². The number of halogens is 1. The number of rotatable bonds is 2. The summed E-state index contributed by atoms with van der Waals surface area (Å²) in [5, 5.41) is 1.12. The van der Waals surface area contributed by atoms with Crippen molar-refractivity contribution in [2.45, 2.75) is 19.8 Å². The summed E-state index contributed by atoms with van der Waals surface area (Å²) in [5.74, 6) is 1.32. The quantitative estimate of drug-likeness (QED) is 0.772. The van der Waals surface area contributed by atoms with Gasteiger partial charge in [0.1, 0.15) is 10.4 Å². The predicted molar refractivity (Wildman–Crippen MR) is 70.1 cm³/mol. The molecule has 0 aliphatic rings. The smallest absolute Gasteiger partial charge is 0.119 e. The molecule has 0 fully saturated rings. The second kappa shape index (κ2) is 4.42. The third kappa shape index (κ3) is 2.05. The monoisotopic (exact) mass is 279 g/mol. The van der Waals surface area contributed by atoms with Crippen molar-refractivity contribution in [3.8, 4) is 5.75 Å². The zero-order valence-electron chi connectivity index (χ0n) is 9.62. The van der Waals surface area contributed by atoms with E-state index in [-0.39, 0.29) is 0 Å². The normalized spacial score (nSPS) is 11.1. The molecule has 1 heterocycles. The van der Waals surface area contributed by atoms with E-state index in [1.807, 2.05) is 18.2 Å². The molecule has 1 aromatic heterocycles. The molecule has 2 nitrogen and oxygen atoms in total. The largest absolute Gasteiger partial charge is 0.497 e. The van der Waals surface area contributed by atoms with E-state index in [9.17, 15) is 0 Å². The lowest BCUT2D eigenvalue weighted by atomic mass is 10.0. The first kappa shape index (κ1) is 11.4. The first-order valence-electron chi connectivity index (χ1n) is 5.26. The number of aromatic nitrogens is 1. The molecule has 0 bridgehead atoms. The summed E-state index contributed by atoms with van der Waals surface area (Å²) in [6.07, 6.45) is 0. The molecular formula is C13H14BrNO. The van der Waals surface area contributed by atoms with E-state index in [1.165, 1.54) is 5.56 Å². The molecule has 16 heavy (non-hydrogen) atoms. The standard InChI is InChI=1S/C13H14BrNO/c1-8(2)11-7-9-6-10(16-3)4-5-12(9)15-13(11)14/h4-8H,1-3H3. The van der Waals surface area contributed by atoms with Gasteiger partial charge in [0.2, 0.25) is 0 Å². The van der Waals surface area contributed by atoms with Crippen molar-refractivity contribution >= 4 is 26.8 Å². The average molecular weight is 280 g/mol. The van der Waals surface area contributed by atoms with E-state index in [0.717, 1.165) is 21.3 Å². The molecular weight excluding hydrogens is 266 g/mol. The van der Waals surface area contributed by atoms with Gasteiger partial charge >= 0.3 is 0 Å². The number of pyridine rings is 1. The fraction of sp³-hybridized carbons (Fsp3) is 0.308. The minimum absolute atomic E-state index is 0.456. The minimum Gasteiger partial charge on any atom is -0.497 e. The van der Waals surface area contributed by atoms with Gasteiger partial charge in [0, 0.05) is 5.39 Å². The summed E-state index contributed by atoms with van der Waals surface area (Å²) in [4.78, 5) is 4.53. The van der Waals surface area contributed by atoms with Crippen LogP contribution in [0.4, 0.5) is 0 Å². The highest BCUT2D eigenvalue weighted by Crippen LogP contribution is 2.28. The van der Waals surface area contributed by atoms with Crippen LogP contribution in [0, 0.1) is 0 Å². The van der Waals surface area contributed by atoms with Crippen LogP contribution in [0.1, 0.15) is 25.3 Å². The Kier molecular flexibility index (Phi) is 3.15. The number of hydrogen-bond donors (Lipinski definition) is 0. The molecule has 84 valence electrons. The average Bonchev–Trinajstić information content (AvgIpc) is 2.27. The van der Waals surface area contributed by atoms with Gasteiger partial charge in [-0.25, -0.2) is 4.98 Å². The molecule has 0 aliphatic carbocycles. The Morgan fingerprint density at radius 3 is 2.62 bits per heavy atom. The molecule has 0 saturated heterocycles. The number of hydrogen-bond acceptors (Lipinski definition) is 2. The minimum atomic E-state index is 0.456. The lowest BCUT2D eigenvalue weighted by molar-refractivity contribution is 0.415. The molecule has 2 rings (SSSR count). The van der Waals surface area contributed by atoms with Crippen LogP contribution >= 0.6 is 15.9 Å². The third-order valence-electron chi connectivity index (χ3n) is 2.62. The Balaban J connectivity index is 2.65. The Morgan fingerprint density at radius 1 is 1.25 bits per heavy atom. The highest BCUT2D eigenvalue weighted by atomic mass is 79.9. The molecule has 0 spiro atoms. The Morgan fingerprint density at radius 2 is 2.00 bits per heavy atom. The molecule has 0 aliphatic heterocycles. The van der Waals surface area contributed by atoms with Gasteiger partial charge in [-0.15, -0.1) is 0 Å². The highest BCUT2D eigenvalue weighted by molar-refractivity contribution is 9.10. The van der Waals surface area contributed by atoms with E-state index in [4.69, 9.17) is 4.74 Å². The molecule has 2 aromatic rings. The molecule has 0 N–H and O–H groups in total. The van der Waals surface area contributed by atoms with Crippen molar-refractivity contribution in [1.29, 1.82) is 0 Å². The first-order valence-corrected chi connectivity index (χ1v) is 6.05. The van der Waals surface area contributed by atoms with E-state index < -0.39 is 0 Å². The van der Waals surface area contributed by atoms with Gasteiger partial charge in [0.15, 0.2) is 0 Å². The topological polar surface area (TPSA) is 22.1 Å². The Bertz CT molecular complexity index is 523. The van der Waals surface area contributed by atoms with Crippen molar-refractivity contribution in [3.05, 3.63) is 34.4 Å². The lowest BCUT2D eigenvalue weighted by Crippen LogP contribution is -1.93. The van der Waals surface area contributed by atoms with Crippen LogP contribution < -0.4 is 4.74 Å². The van der Waals surface area contributed by atoms with Crippen LogP contribution in [-0.4, -0.2) is 12.1 Å². The van der Waals surface area contributed by atoms with Gasteiger partial charge in [-0.2, -0.15) is 0 Å².